The quantitative estimate of drug-likeness (QED) is 0.252. The highest BCUT2D eigenvalue weighted by molar-refractivity contribution is 6.30. The normalized spacial score (nSPS) is 15.5. The van der Waals surface area contributed by atoms with Gasteiger partial charge in [0.25, 0.3) is 0 Å². The Morgan fingerprint density at radius 1 is 0.970 bits per heavy atom. The minimum Gasteiger partial charge on any atom is -0.464 e. The Balaban J connectivity index is 0.00000272. The third-order valence-electron chi connectivity index (χ3n) is 5.34. The van der Waals surface area contributed by atoms with Crippen LogP contribution in [-0.2, 0) is 14.3 Å². The van der Waals surface area contributed by atoms with Crippen LogP contribution in [-0.4, -0.2) is 68.3 Å². The van der Waals surface area contributed by atoms with Crippen LogP contribution in [0.2, 0.25) is 5.02 Å². The van der Waals surface area contributed by atoms with E-state index in [1.165, 1.54) is 11.1 Å². The van der Waals surface area contributed by atoms with Gasteiger partial charge in [0, 0.05) is 37.7 Å². The third kappa shape index (κ3) is 9.65. The summed E-state index contributed by atoms with van der Waals surface area (Å²) in [6.07, 6.45) is 4.07. The van der Waals surface area contributed by atoms with Crippen LogP contribution in [0.25, 0.3) is 0 Å². The highest BCUT2D eigenvalue weighted by Gasteiger charge is 2.26. The molecule has 182 valence electrons. The lowest BCUT2D eigenvalue weighted by molar-refractivity contribution is -0.147. The van der Waals surface area contributed by atoms with Crippen molar-refractivity contribution in [3.05, 3.63) is 82.9 Å². The molecule has 0 bridgehead atoms. The average Bonchev–Trinajstić information content (AvgIpc) is 2.79. The average molecular weight is 516 g/mol. The number of benzene rings is 2. The molecule has 1 aliphatic heterocycles. The van der Waals surface area contributed by atoms with E-state index in [0.29, 0.717) is 13.2 Å². The molecule has 0 aliphatic carbocycles. The number of rotatable bonds is 10. The SMILES string of the molecule is CCOC(=O)COC/C=C\CN1CCN([C@H](c2ccccc2)c2ccc(Cl)cc2)CC1.Cl.Cl. The van der Waals surface area contributed by atoms with Crippen LogP contribution in [0.5, 0.6) is 0 Å². The van der Waals surface area contributed by atoms with E-state index in [0.717, 1.165) is 37.7 Å². The molecule has 33 heavy (non-hydrogen) atoms. The Bertz CT molecular complexity index is 827. The van der Waals surface area contributed by atoms with E-state index >= 15 is 0 Å². The van der Waals surface area contributed by atoms with E-state index < -0.39 is 0 Å². The van der Waals surface area contributed by atoms with Crippen molar-refractivity contribution in [1.82, 2.24) is 9.80 Å². The van der Waals surface area contributed by atoms with Crippen LogP contribution < -0.4 is 0 Å². The van der Waals surface area contributed by atoms with Crippen LogP contribution in [0.3, 0.4) is 0 Å². The Labute approximate surface area is 214 Å². The Hall–Kier alpha value is -1.60. The van der Waals surface area contributed by atoms with E-state index in [1.54, 1.807) is 6.92 Å². The summed E-state index contributed by atoms with van der Waals surface area (Å²) >= 11 is 6.12. The number of carbonyl (C=O) groups is 1. The number of carbonyl (C=O) groups excluding carboxylic acids is 1. The molecule has 1 heterocycles. The molecule has 0 radical (unpaired) electrons. The molecule has 0 unspecified atom stereocenters. The smallest absolute Gasteiger partial charge is 0.332 e. The molecule has 1 atom stereocenters. The van der Waals surface area contributed by atoms with Gasteiger partial charge >= 0.3 is 5.97 Å². The van der Waals surface area contributed by atoms with Crippen molar-refractivity contribution in [1.29, 1.82) is 0 Å². The van der Waals surface area contributed by atoms with Gasteiger partial charge in [-0.2, -0.15) is 0 Å². The molecule has 8 heteroatoms. The first-order valence-corrected chi connectivity index (χ1v) is 11.2. The fourth-order valence-electron chi connectivity index (χ4n) is 3.80. The van der Waals surface area contributed by atoms with E-state index in [1.807, 2.05) is 18.2 Å². The zero-order valence-electron chi connectivity index (χ0n) is 18.9. The summed E-state index contributed by atoms with van der Waals surface area (Å²) in [6, 6.07) is 19.1. The van der Waals surface area contributed by atoms with Gasteiger partial charge in [0.1, 0.15) is 6.61 Å². The first kappa shape index (κ1) is 29.4. The van der Waals surface area contributed by atoms with Gasteiger partial charge in [0.05, 0.1) is 19.3 Å². The second-order valence-corrected chi connectivity index (χ2v) is 7.93. The summed E-state index contributed by atoms with van der Waals surface area (Å²) in [7, 11) is 0. The first-order valence-electron chi connectivity index (χ1n) is 10.8. The van der Waals surface area contributed by atoms with Gasteiger partial charge in [-0.3, -0.25) is 9.80 Å². The van der Waals surface area contributed by atoms with Gasteiger partial charge in [0.15, 0.2) is 0 Å². The highest BCUT2D eigenvalue weighted by Crippen LogP contribution is 2.30. The van der Waals surface area contributed by atoms with E-state index in [4.69, 9.17) is 21.1 Å². The van der Waals surface area contributed by atoms with E-state index in [2.05, 4.69) is 58.3 Å². The van der Waals surface area contributed by atoms with Crippen LogP contribution in [0.1, 0.15) is 24.1 Å². The van der Waals surface area contributed by atoms with Crippen molar-refractivity contribution >= 4 is 42.4 Å². The molecule has 3 rings (SSSR count). The van der Waals surface area contributed by atoms with Crippen molar-refractivity contribution in [2.45, 2.75) is 13.0 Å². The van der Waals surface area contributed by atoms with Gasteiger partial charge in [-0.25, -0.2) is 4.79 Å². The molecule has 0 saturated carbocycles. The van der Waals surface area contributed by atoms with Gasteiger partial charge < -0.3 is 9.47 Å². The number of hydrogen-bond donors (Lipinski definition) is 0. The number of hydrogen-bond acceptors (Lipinski definition) is 5. The number of esters is 1. The van der Waals surface area contributed by atoms with Gasteiger partial charge in [-0.15, -0.1) is 24.8 Å². The predicted molar refractivity (Wildman–Crippen MR) is 139 cm³/mol. The summed E-state index contributed by atoms with van der Waals surface area (Å²) in [5.74, 6) is -0.319. The van der Waals surface area contributed by atoms with Crippen LogP contribution in [0.4, 0.5) is 0 Å². The Morgan fingerprint density at radius 3 is 2.24 bits per heavy atom. The largest absolute Gasteiger partial charge is 0.464 e. The zero-order chi connectivity index (χ0) is 21.9. The number of nitrogens with zero attached hydrogens (tertiary/aromatic N) is 2. The zero-order valence-corrected chi connectivity index (χ0v) is 21.3. The van der Waals surface area contributed by atoms with Gasteiger partial charge in [-0.05, 0) is 30.2 Å². The molecule has 2 aromatic carbocycles. The molecule has 0 aromatic heterocycles. The lowest BCUT2D eigenvalue weighted by Gasteiger charge is -2.39. The maximum atomic E-state index is 11.2. The minimum atomic E-state index is -0.319. The second-order valence-electron chi connectivity index (χ2n) is 7.49. The van der Waals surface area contributed by atoms with Gasteiger partial charge in [0.2, 0.25) is 0 Å². The fraction of sp³-hybridized carbons (Fsp3) is 0.400. The predicted octanol–water partition coefficient (Wildman–Crippen LogP) is 5.03. The Kier molecular flexibility index (Phi) is 14.4. The first-order chi connectivity index (χ1) is 15.2. The van der Waals surface area contributed by atoms with Crippen molar-refractivity contribution < 1.29 is 14.3 Å². The van der Waals surface area contributed by atoms with Crippen LogP contribution in [0, 0.1) is 0 Å². The lowest BCUT2D eigenvalue weighted by atomic mass is 9.96. The van der Waals surface area contributed by atoms with Crippen molar-refractivity contribution in [2.24, 2.45) is 0 Å². The number of ether oxygens (including phenoxy) is 2. The molecule has 0 N–H and O–H groups in total. The number of piperazine rings is 1. The molecule has 0 amide bonds. The topological polar surface area (TPSA) is 42.0 Å². The standard InChI is InChI=1S/C25H31ClN2O3.2ClH/c1-2-31-24(29)20-30-19-7-6-14-27-15-17-28(18-16-27)25(21-8-4-3-5-9-21)22-10-12-23(26)13-11-22;;/h3-13,25H,2,14-20H2,1H3;2*1H/b7-6-;;/t25-;;/m1../s1. The van der Waals surface area contributed by atoms with Crippen LogP contribution >= 0.6 is 36.4 Å². The third-order valence-corrected chi connectivity index (χ3v) is 5.59. The van der Waals surface area contributed by atoms with Gasteiger partial charge in [-0.1, -0.05) is 66.2 Å². The fourth-order valence-corrected chi connectivity index (χ4v) is 3.93. The molecule has 0 spiro atoms. The molecule has 1 fully saturated rings. The minimum absolute atomic E-state index is 0. The summed E-state index contributed by atoms with van der Waals surface area (Å²) in [5, 5.41) is 0.762. The molecular formula is C25H33Cl3N2O3. The molecule has 2 aromatic rings. The van der Waals surface area contributed by atoms with Crippen LogP contribution in [0.15, 0.2) is 66.7 Å². The lowest BCUT2D eigenvalue weighted by Crippen LogP contribution is -2.47. The summed E-state index contributed by atoms with van der Waals surface area (Å²) in [5.41, 5.74) is 2.57. The molecule has 1 aliphatic rings. The molecule has 1 saturated heterocycles. The number of halogens is 3. The van der Waals surface area contributed by atoms with Crippen molar-refractivity contribution in [3.8, 4) is 0 Å². The molecule has 5 nitrogen and oxygen atoms in total. The maximum Gasteiger partial charge on any atom is 0.332 e. The summed E-state index contributed by atoms with van der Waals surface area (Å²) in [4.78, 5) is 16.2. The summed E-state index contributed by atoms with van der Waals surface area (Å²) < 4.78 is 10.1. The maximum absolute atomic E-state index is 11.2. The van der Waals surface area contributed by atoms with E-state index in [-0.39, 0.29) is 43.4 Å². The van der Waals surface area contributed by atoms with Crippen molar-refractivity contribution in [3.63, 3.8) is 0 Å². The molecular weight excluding hydrogens is 483 g/mol. The second kappa shape index (κ2) is 16.1. The summed E-state index contributed by atoms with van der Waals surface area (Å²) in [6.45, 7) is 7.48. The van der Waals surface area contributed by atoms with E-state index in [9.17, 15) is 4.79 Å². The Morgan fingerprint density at radius 2 is 1.61 bits per heavy atom. The monoisotopic (exact) mass is 514 g/mol. The highest BCUT2D eigenvalue weighted by atomic mass is 35.5. The van der Waals surface area contributed by atoms with Crippen molar-refractivity contribution in [2.75, 3.05) is 52.5 Å².